The van der Waals surface area contributed by atoms with Gasteiger partial charge in [0.15, 0.2) is 5.82 Å². The summed E-state index contributed by atoms with van der Waals surface area (Å²) in [6.07, 6.45) is 0. The summed E-state index contributed by atoms with van der Waals surface area (Å²) in [5, 5.41) is 12.0. The van der Waals surface area contributed by atoms with Crippen molar-refractivity contribution in [1.82, 2.24) is 15.5 Å². The van der Waals surface area contributed by atoms with E-state index in [0.717, 1.165) is 44.3 Å². The molecule has 5 heteroatoms. The number of morpholine rings is 1. The molecule has 1 saturated heterocycles. The van der Waals surface area contributed by atoms with E-state index in [-0.39, 0.29) is 5.60 Å². The second-order valence-corrected chi connectivity index (χ2v) is 6.44. The van der Waals surface area contributed by atoms with Crippen LogP contribution < -0.4 is 10.2 Å². The van der Waals surface area contributed by atoms with Gasteiger partial charge in [-0.3, -0.25) is 0 Å². The highest BCUT2D eigenvalue weighted by Gasteiger charge is 2.27. The van der Waals surface area contributed by atoms with E-state index in [4.69, 9.17) is 4.74 Å². The van der Waals surface area contributed by atoms with E-state index < -0.39 is 0 Å². The number of aromatic nitrogens is 2. The summed E-state index contributed by atoms with van der Waals surface area (Å²) in [5.41, 5.74) is 0.874. The van der Waals surface area contributed by atoms with Gasteiger partial charge in [0, 0.05) is 19.6 Å². The maximum atomic E-state index is 5.72. The average molecular weight is 278 g/mol. The molecule has 2 rings (SSSR count). The van der Waals surface area contributed by atoms with Crippen molar-refractivity contribution in [2.45, 2.75) is 39.8 Å². The van der Waals surface area contributed by atoms with Gasteiger partial charge < -0.3 is 15.0 Å². The zero-order valence-electron chi connectivity index (χ0n) is 13.0. The molecule has 1 aliphatic heterocycles. The fraction of sp³-hybridized carbons (Fsp3) is 0.733. The first-order chi connectivity index (χ1) is 9.46. The molecule has 5 nitrogen and oxygen atoms in total. The molecule has 1 aromatic rings. The molecule has 2 heterocycles. The van der Waals surface area contributed by atoms with Crippen molar-refractivity contribution in [3.8, 4) is 0 Å². The van der Waals surface area contributed by atoms with Crippen molar-refractivity contribution in [3.05, 3.63) is 17.8 Å². The number of hydrogen-bond acceptors (Lipinski definition) is 5. The van der Waals surface area contributed by atoms with E-state index in [1.54, 1.807) is 0 Å². The fourth-order valence-corrected chi connectivity index (χ4v) is 2.32. The molecule has 0 amide bonds. The highest BCUT2D eigenvalue weighted by Crippen LogP contribution is 2.20. The Balaban J connectivity index is 1.91. The summed E-state index contributed by atoms with van der Waals surface area (Å²) < 4.78 is 5.72. The number of rotatable bonds is 5. The third-order valence-electron chi connectivity index (χ3n) is 3.31. The van der Waals surface area contributed by atoms with Gasteiger partial charge in [0.05, 0.1) is 17.9 Å². The minimum atomic E-state index is -0.114. The lowest BCUT2D eigenvalue weighted by atomic mass is 10.1. The number of hydrogen-bond donors (Lipinski definition) is 1. The van der Waals surface area contributed by atoms with Gasteiger partial charge in [0.25, 0.3) is 0 Å². The van der Waals surface area contributed by atoms with Crippen molar-refractivity contribution < 1.29 is 4.74 Å². The van der Waals surface area contributed by atoms with Gasteiger partial charge in [-0.25, -0.2) is 0 Å². The van der Waals surface area contributed by atoms with Crippen LogP contribution in [-0.2, 0) is 11.3 Å². The van der Waals surface area contributed by atoms with Gasteiger partial charge in [-0.15, -0.1) is 5.10 Å². The van der Waals surface area contributed by atoms with Gasteiger partial charge in [-0.05, 0) is 38.4 Å². The largest absolute Gasteiger partial charge is 0.372 e. The Bertz CT molecular complexity index is 416. The molecule has 0 spiro atoms. The summed E-state index contributed by atoms with van der Waals surface area (Å²) >= 11 is 0. The summed E-state index contributed by atoms with van der Waals surface area (Å²) in [4.78, 5) is 2.24. The van der Waals surface area contributed by atoms with Crippen LogP contribution in [0, 0.1) is 5.92 Å². The lowest BCUT2D eigenvalue weighted by Gasteiger charge is -2.38. The maximum absolute atomic E-state index is 5.72. The molecular weight excluding hydrogens is 252 g/mol. The minimum Gasteiger partial charge on any atom is -0.372 e. The standard InChI is InChI=1S/C15H26N4O/c1-12(2)9-16-10-13-5-6-14(18-17-13)19-7-8-20-15(3,4)11-19/h5-6,12,16H,7-11H2,1-4H3. The van der Waals surface area contributed by atoms with Gasteiger partial charge in [-0.1, -0.05) is 13.8 Å². The second-order valence-electron chi connectivity index (χ2n) is 6.44. The van der Waals surface area contributed by atoms with E-state index in [1.807, 2.05) is 0 Å². The molecule has 0 aromatic carbocycles. The summed E-state index contributed by atoms with van der Waals surface area (Å²) in [7, 11) is 0. The second kappa shape index (κ2) is 6.50. The molecule has 1 fully saturated rings. The average Bonchev–Trinajstić information content (AvgIpc) is 2.38. The summed E-state index contributed by atoms with van der Waals surface area (Å²) in [5.74, 6) is 1.59. The molecule has 0 atom stereocenters. The number of anilines is 1. The Kier molecular flexibility index (Phi) is 4.94. The first kappa shape index (κ1) is 15.2. The number of nitrogens with one attached hydrogen (secondary N) is 1. The molecule has 0 saturated carbocycles. The van der Waals surface area contributed by atoms with E-state index in [0.29, 0.717) is 5.92 Å². The van der Waals surface area contributed by atoms with Crippen LogP contribution in [0.2, 0.25) is 0 Å². The van der Waals surface area contributed by atoms with Crippen LogP contribution in [-0.4, -0.2) is 42.0 Å². The molecule has 0 radical (unpaired) electrons. The van der Waals surface area contributed by atoms with Crippen LogP contribution in [0.3, 0.4) is 0 Å². The summed E-state index contributed by atoms with van der Waals surface area (Å²) in [6, 6.07) is 4.11. The van der Waals surface area contributed by atoms with Gasteiger partial charge in [0.1, 0.15) is 0 Å². The van der Waals surface area contributed by atoms with E-state index in [2.05, 4.69) is 60.2 Å². The zero-order valence-corrected chi connectivity index (χ0v) is 13.0. The highest BCUT2D eigenvalue weighted by atomic mass is 16.5. The van der Waals surface area contributed by atoms with Crippen LogP contribution in [0.25, 0.3) is 0 Å². The highest BCUT2D eigenvalue weighted by molar-refractivity contribution is 5.38. The molecule has 1 aromatic heterocycles. The van der Waals surface area contributed by atoms with Crippen LogP contribution >= 0.6 is 0 Å². The van der Waals surface area contributed by atoms with Crippen LogP contribution in [0.15, 0.2) is 12.1 Å². The third kappa shape index (κ3) is 4.42. The predicted molar refractivity (Wildman–Crippen MR) is 80.8 cm³/mol. The topological polar surface area (TPSA) is 50.3 Å². The van der Waals surface area contributed by atoms with Crippen molar-refractivity contribution in [1.29, 1.82) is 0 Å². The lowest BCUT2D eigenvalue weighted by Crippen LogP contribution is -2.48. The SMILES string of the molecule is CC(C)CNCc1ccc(N2CCOC(C)(C)C2)nn1. The number of ether oxygens (including phenoxy) is 1. The molecule has 0 aliphatic carbocycles. The van der Waals surface area contributed by atoms with Crippen molar-refractivity contribution in [3.63, 3.8) is 0 Å². The fourth-order valence-electron chi connectivity index (χ4n) is 2.32. The molecule has 0 unspecified atom stereocenters. The molecule has 1 aliphatic rings. The minimum absolute atomic E-state index is 0.114. The predicted octanol–water partition coefficient (Wildman–Crippen LogP) is 1.84. The summed E-state index contributed by atoms with van der Waals surface area (Å²) in [6.45, 7) is 12.9. The Morgan fingerprint density at radius 2 is 2.15 bits per heavy atom. The van der Waals surface area contributed by atoms with E-state index in [1.165, 1.54) is 0 Å². The van der Waals surface area contributed by atoms with Crippen molar-refractivity contribution in [2.75, 3.05) is 31.1 Å². The zero-order chi connectivity index (χ0) is 14.6. The van der Waals surface area contributed by atoms with E-state index >= 15 is 0 Å². The molecule has 20 heavy (non-hydrogen) atoms. The molecule has 1 N–H and O–H groups in total. The molecular formula is C15H26N4O. The van der Waals surface area contributed by atoms with Crippen molar-refractivity contribution >= 4 is 5.82 Å². The van der Waals surface area contributed by atoms with Gasteiger partial charge >= 0.3 is 0 Å². The van der Waals surface area contributed by atoms with Crippen LogP contribution in [0.1, 0.15) is 33.4 Å². The Hall–Kier alpha value is -1.20. The first-order valence-electron chi connectivity index (χ1n) is 7.38. The Morgan fingerprint density at radius 3 is 2.75 bits per heavy atom. The monoisotopic (exact) mass is 278 g/mol. The van der Waals surface area contributed by atoms with Crippen LogP contribution in [0.4, 0.5) is 5.82 Å². The smallest absolute Gasteiger partial charge is 0.151 e. The maximum Gasteiger partial charge on any atom is 0.151 e. The van der Waals surface area contributed by atoms with Gasteiger partial charge in [-0.2, -0.15) is 5.10 Å². The Morgan fingerprint density at radius 1 is 1.35 bits per heavy atom. The molecule has 0 bridgehead atoms. The normalized spacial score (nSPS) is 18.6. The Labute approximate surface area is 121 Å². The quantitative estimate of drug-likeness (QED) is 0.890. The molecule has 112 valence electrons. The van der Waals surface area contributed by atoms with Crippen LogP contribution in [0.5, 0.6) is 0 Å². The van der Waals surface area contributed by atoms with Gasteiger partial charge in [0.2, 0.25) is 0 Å². The van der Waals surface area contributed by atoms with E-state index in [9.17, 15) is 0 Å². The first-order valence-corrected chi connectivity index (χ1v) is 7.38. The third-order valence-corrected chi connectivity index (χ3v) is 3.31. The lowest BCUT2D eigenvalue weighted by molar-refractivity contribution is -0.0279. The number of nitrogens with zero attached hydrogens (tertiary/aromatic N) is 3. The van der Waals surface area contributed by atoms with Crippen molar-refractivity contribution in [2.24, 2.45) is 5.92 Å².